The summed E-state index contributed by atoms with van der Waals surface area (Å²) >= 11 is 5.82. The third-order valence-corrected chi connectivity index (χ3v) is 2.30. The van der Waals surface area contributed by atoms with Gasteiger partial charge < -0.3 is 14.8 Å². The summed E-state index contributed by atoms with van der Waals surface area (Å²) in [5.41, 5.74) is 0.578. The molecule has 1 aliphatic heterocycles. The molecule has 1 aliphatic rings. The molecule has 84 valence electrons. The van der Waals surface area contributed by atoms with Gasteiger partial charge in [0, 0.05) is 5.02 Å². The summed E-state index contributed by atoms with van der Waals surface area (Å²) in [7, 11) is 1.26. The monoisotopic (exact) mass is 241 g/mol. The molecule has 1 aromatic carbocycles. The van der Waals surface area contributed by atoms with E-state index in [2.05, 4.69) is 10.1 Å². The Labute approximate surface area is 96.3 Å². The zero-order valence-electron chi connectivity index (χ0n) is 8.37. The third kappa shape index (κ3) is 1.81. The molecule has 0 spiro atoms. The van der Waals surface area contributed by atoms with E-state index in [0.717, 1.165) is 0 Å². The van der Waals surface area contributed by atoms with Gasteiger partial charge in [0.25, 0.3) is 5.91 Å². The summed E-state index contributed by atoms with van der Waals surface area (Å²) in [6.45, 7) is -0.126. The second kappa shape index (κ2) is 4.02. The Bertz CT molecular complexity index is 472. The van der Waals surface area contributed by atoms with Crippen molar-refractivity contribution >= 4 is 29.2 Å². The maximum Gasteiger partial charge on any atom is 0.341 e. The number of rotatable bonds is 1. The molecule has 2 rings (SSSR count). The second-order valence-corrected chi connectivity index (χ2v) is 3.59. The predicted octanol–water partition coefficient (Wildman–Crippen LogP) is 1.46. The summed E-state index contributed by atoms with van der Waals surface area (Å²) < 4.78 is 9.77. The van der Waals surface area contributed by atoms with Crippen LogP contribution in [0.2, 0.25) is 5.02 Å². The standard InChI is InChI=1S/C10H8ClNO4/c1-15-10(14)6-2-5(11)3-7-9(6)16-4-8(13)12-7/h2-3H,4H2,1H3,(H,12,13). The highest BCUT2D eigenvalue weighted by Crippen LogP contribution is 2.35. The summed E-state index contributed by atoms with van der Waals surface area (Å²) in [5, 5.41) is 2.89. The lowest BCUT2D eigenvalue weighted by molar-refractivity contribution is -0.118. The number of fused-ring (bicyclic) bond motifs is 1. The van der Waals surface area contributed by atoms with E-state index in [1.165, 1.54) is 19.2 Å². The SMILES string of the molecule is COC(=O)c1cc(Cl)cc2c1OCC(=O)N2. The van der Waals surface area contributed by atoms with Crippen LogP contribution in [0.5, 0.6) is 5.75 Å². The third-order valence-electron chi connectivity index (χ3n) is 2.08. The first kappa shape index (κ1) is 10.8. The summed E-state index contributed by atoms with van der Waals surface area (Å²) in [6.07, 6.45) is 0. The number of esters is 1. The normalized spacial score (nSPS) is 13.5. The fourth-order valence-corrected chi connectivity index (χ4v) is 1.65. The molecule has 0 fully saturated rings. The molecule has 0 atom stereocenters. The van der Waals surface area contributed by atoms with Gasteiger partial charge in [-0.25, -0.2) is 4.79 Å². The lowest BCUT2D eigenvalue weighted by Gasteiger charge is -2.20. The van der Waals surface area contributed by atoms with Crippen molar-refractivity contribution in [1.82, 2.24) is 0 Å². The van der Waals surface area contributed by atoms with Crippen LogP contribution in [-0.4, -0.2) is 25.6 Å². The molecule has 0 aliphatic carbocycles. The van der Waals surface area contributed by atoms with Crippen molar-refractivity contribution in [3.8, 4) is 5.75 Å². The minimum absolute atomic E-state index is 0.126. The molecule has 1 heterocycles. The van der Waals surface area contributed by atoms with Gasteiger partial charge in [0.15, 0.2) is 12.4 Å². The van der Waals surface area contributed by atoms with Crippen LogP contribution in [-0.2, 0) is 9.53 Å². The van der Waals surface area contributed by atoms with Crippen molar-refractivity contribution < 1.29 is 19.1 Å². The van der Waals surface area contributed by atoms with E-state index < -0.39 is 5.97 Å². The molecular weight excluding hydrogens is 234 g/mol. The van der Waals surface area contributed by atoms with E-state index in [9.17, 15) is 9.59 Å². The first-order valence-corrected chi connectivity index (χ1v) is 4.84. The maximum absolute atomic E-state index is 11.4. The van der Waals surface area contributed by atoms with Gasteiger partial charge >= 0.3 is 5.97 Å². The molecule has 1 N–H and O–H groups in total. The first-order chi connectivity index (χ1) is 7.61. The van der Waals surface area contributed by atoms with Gasteiger partial charge in [0.1, 0.15) is 5.56 Å². The van der Waals surface area contributed by atoms with Crippen LogP contribution in [0.3, 0.4) is 0 Å². The molecule has 16 heavy (non-hydrogen) atoms. The molecule has 6 heteroatoms. The average Bonchev–Trinajstić information content (AvgIpc) is 2.26. The molecule has 0 saturated heterocycles. The van der Waals surface area contributed by atoms with E-state index in [0.29, 0.717) is 10.7 Å². The molecule has 1 amide bonds. The first-order valence-electron chi connectivity index (χ1n) is 4.46. The number of halogens is 1. The Morgan fingerprint density at radius 2 is 2.31 bits per heavy atom. The van der Waals surface area contributed by atoms with E-state index in [1.807, 2.05) is 0 Å². The topological polar surface area (TPSA) is 64.6 Å². The number of methoxy groups -OCH3 is 1. The number of anilines is 1. The molecular formula is C10H8ClNO4. The van der Waals surface area contributed by atoms with E-state index in [4.69, 9.17) is 16.3 Å². The van der Waals surface area contributed by atoms with Gasteiger partial charge in [-0.15, -0.1) is 0 Å². The Kier molecular flexibility index (Phi) is 2.70. The fourth-order valence-electron chi connectivity index (χ4n) is 1.43. The Hall–Kier alpha value is -1.75. The van der Waals surface area contributed by atoms with Crippen molar-refractivity contribution in [1.29, 1.82) is 0 Å². The zero-order valence-corrected chi connectivity index (χ0v) is 9.13. The Morgan fingerprint density at radius 1 is 1.56 bits per heavy atom. The van der Waals surface area contributed by atoms with Crippen molar-refractivity contribution in [3.05, 3.63) is 22.7 Å². The van der Waals surface area contributed by atoms with Crippen molar-refractivity contribution in [3.63, 3.8) is 0 Å². The van der Waals surface area contributed by atoms with E-state index in [1.54, 1.807) is 0 Å². The molecule has 0 saturated carbocycles. The average molecular weight is 242 g/mol. The van der Waals surface area contributed by atoms with Crippen molar-refractivity contribution in [2.75, 3.05) is 19.0 Å². The van der Waals surface area contributed by atoms with Gasteiger partial charge in [0.2, 0.25) is 0 Å². The van der Waals surface area contributed by atoms with Crippen molar-refractivity contribution in [2.45, 2.75) is 0 Å². The molecule has 0 bridgehead atoms. The number of amides is 1. The van der Waals surface area contributed by atoms with Crippen LogP contribution < -0.4 is 10.1 Å². The number of benzene rings is 1. The van der Waals surface area contributed by atoms with Gasteiger partial charge in [-0.2, -0.15) is 0 Å². The molecule has 1 aromatic rings. The lowest BCUT2D eigenvalue weighted by Crippen LogP contribution is -2.26. The Balaban J connectivity index is 2.54. The summed E-state index contributed by atoms with van der Waals surface area (Å²) in [4.78, 5) is 22.5. The molecule has 0 radical (unpaired) electrons. The summed E-state index contributed by atoms with van der Waals surface area (Å²) in [6, 6.07) is 2.95. The lowest BCUT2D eigenvalue weighted by atomic mass is 10.1. The van der Waals surface area contributed by atoms with Crippen LogP contribution in [0.4, 0.5) is 5.69 Å². The number of carbonyl (C=O) groups is 2. The van der Waals surface area contributed by atoms with Gasteiger partial charge in [0.05, 0.1) is 12.8 Å². The second-order valence-electron chi connectivity index (χ2n) is 3.16. The quantitative estimate of drug-likeness (QED) is 0.756. The van der Waals surface area contributed by atoms with Gasteiger partial charge in [-0.1, -0.05) is 11.6 Å². The highest BCUT2D eigenvalue weighted by atomic mass is 35.5. The minimum Gasteiger partial charge on any atom is -0.481 e. The van der Waals surface area contributed by atoms with Crippen molar-refractivity contribution in [2.24, 2.45) is 0 Å². The van der Waals surface area contributed by atoms with Crippen LogP contribution in [0.15, 0.2) is 12.1 Å². The highest BCUT2D eigenvalue weighted by molar-refractivity contribution is 6.31. The number of hydrogen-bond acceptors (Lipinski definition) is 4. The highest BCUT2D eigenvalue weighted by Gasteiger charge is 2.24. The summed E-state index contributed by atoms with van der Waals surface area (Å²) in [5.74, 6) is -0.559. The fraction of sp³-hybridized carbons (Fsp3) is 0.200. The number of hydrogen-bond donors (Lipinski definition) is 1. The zero-order chi connectivity index (χ0) is 11.7. The van der Waals surface area contributed by atoms with Crippen LogP contribution in [0, 0.1) is 0 Å². The molecule has 0 unspecified atom stereocenters. The van der Waals surface area contributed by atoms with Crippen LogP contribution in [0.25, 0.3) is 0 Å². The maximum atomic E-state index is 11.4. The predicted molar refractivity (Wildman–Crippen MR) is 56.9 cm³/mol. The van der Waals surface area contributed by atoms with Crippen LogP contribution in [0.1, 0.15) is 10.4 Å². The number of nitrogens with one attached hydrogen (secondary N) is 1. The smallest absolute Gasteiger partial charge is 0.341 e. The van der Waals surface area contributed by atoms with Gasteiger partial charge in [-0.05, 0) is 12.1 Å². The van der Waals surface area contributed by atoms with Crippen LogP contribution >= 0.6 is 11.6 Å². The van der Waals surface area contributed by atoms with E-state index >= 15 is 0 Å². The number of ether oxygens (including phenoxy) is 2. The minimum atomic E-state index is -0.560. The van der Waals surface area contributed by atoms with Gasteiger partial charge in [-0.3, -0.25) is 4.79 Å². The number of carbonyl (C=O) groups excluding carboxylic acids is 2. The largest absolute Gasteiger partial charge is 0.481 e. The molecule has 5 nitrogen and oxygen atoms in total. The molecule has 0 aromatic heterocycles. The van der Waals surface area contributed by atoms with E-state index in [-0.39, 0.29) is 23.8 Å². The Morgan fingerprint density at radius 3 is 3.00 bits per heavy atom.